The van der Waals surface area contributed by atoms with E-state index in [2.05, 4.69) is 35.8 Å². The second-order valence-electron chi connectivity index (χ2n) is 5.43. The molecule has 24 heavy (non-hydrogen) atoms. The number of amides is 1. The molecule has 0 fully saturated rings. The zero-order valence-corrected chi connectivity index (χ0v) is 15.3. The lowest BCUT2D eigenvalue weighted by Gasteiger charge is -2.18. The number of aromatic nitrogens is 3. The Kier molecular flexibility index (Phi) is 6.61. The molecule has 0 bridgehead atoms. The number of allylic oxidation sites excluding steroid dienone is 1. The third-order valence-corrected chi connectivity index (χ3v) is 4.73. The number of hydrogen-bond acceptors (Lipinski definition) is 4. The molecule has 1 aromatic carbocycles. The fourth-order valence-electron chi connectivity index (χ4n) is 2.40. The summed E-state index contributed by atoms with van der Waals surface area (Å²) in [5.74, 6) is 1.29. The molecular formula is C18H24N4OS. The number of benzene rings is 1. The van der Waals surface area contributed by atoms with Gasteiger partial charge in [-0.15, -0.1) is 16.8 Å². The Hall–Kier alpha value is -2.08. The molecular weight excluding hydrogens is 320 g/mol. The van der Waals surface area contributed by atoms with Gasteiger partial charge in [0.2, 0.25) is 5.91 Å². The summed E-state index contributed by atoms with van der Waals surface area (Å²) in [6, 6.07) is 8.18. The lowest BCUT2D eigenvalue weighted by molar-refractivity contribution is -0.127. The largest absolute Gasteiger partial charge is 0.343 e. The van der Waals surface area contributed by atoms with Crippen LogP contribution in [0.5, 0.6) is 0 Å². The molecule has 0 atom stereocenters. The van der Waals surface area contributed by atoms with Crippen LogP contribution in [0.15, 0.2) is 42.1 Å². The van der Waals surface area contributed by atoms with E-state index in [1.54, 1.807) is 0 Å². The van der Waals surface area contributed by atoms with Crippen LogP contribution in [0.4, 0.5) is 0 Å². The lowest BCUT2D eigenvalue weighted by atomic mass is 10.1. The Morgan fingerprint density at radius 3 is 2.50 bits per heavy atom. The van der Waals surface area contributed by atoms with Crippen molar-refractivity contribution in [3.8, 4) is 11.4 Å². The zero-order valence-electron chi connectivity index (χ0n) is 14.5. The van der Waals surface area contributed by atoms with E-state index in [-0.39, 0.29) is 5.91 Å². The van der Waals surface area contributed by atoms with E-state index in [1.165, 1.54) is 17.3 Å². The predicted octanol–water partition coefficient (Wildman–Crippen LogP) is 3.40. The number of nitrogens with zero attached hydrogens (tertiary/aromatic N) is 4. The van der Waals surface area contributed by atoms with Gasteiger partial charge in [-0.05, 0) is 20.8 Å². The molecule has 2 aromatic rings. The highest BCUT2D eigenvalue weighted by Crippen LogP contribution is 2.24. The number of aryl methyl sites for hydroxylation is 1. The van der Waals surface area contributed by atoms with E-state index in [0.717, 1.165) is 29.6 Å². The first-order valence-corrected chi connectivity index (χ1v) is 9.10. The van der Waals surface area contributed by atoms with Crippen LogP contribution in [0.3, 0.4) is 0 Å². The SMILES string of the molecule is C=CCn1c(SCC(=O)N(CC)CC)nnc1-c1ccc(C)cc1. The highest BCUT2D eigenvalue weighted by atomic mass is 32.2. The number of hydrogen-bond donors (Lipinski definition) is 0. The molecule has 0 aliphatic carbocycles. The standard InChI is InChI=1S/C18H24N4OS/c1-5-12-22-17(15-10-8-14(4)9-11-15)19-20-18(22)24-13-16(23)21(6-2)7-3/h5,8-11H,1,6-7,12-13H2,2-4H3. The summed E-state index contributed by atoms with van der Waals surface area (Å²) in [6.45, 7) is 11.9. The van der Waals surface area contributed by atoms with E-state index in [1.807, 2.05) is 41.5 Å². The van der Waals surface area contributed by atoms with Crippen molar-refractivity contribution in [2.75, 3.05) is 18.8 Å². The number of rotatable bonds is 8. The van der Waals surface area contributed by atoms with E-state index >= 15 is 0 Å². The van der Waals surface area contributed by atoms with Gasteiger partial charge in [-0.1, -0.05) is 47.7 Å². The summed E-state index contributed by atoms with van der Waals surface area (Å²) in [5.41, 5.74) is 2.21. The monoisotopic (exact) mass is 344 g/mol. The molecule has 0 aliphatic heterocycles. The maximum Gasteiger partial charge on any atom is 0.233 e. The molecule has 0 spiro atoms. The van der Waals surface area contributed by atoms with Crippen LogP contribution in [0, 0.1) is 6.92 Å². The van der Waals surface area contributed by atoms with Crippen LogP contribution in [0.25, 0.3) is 11.4 Å². The van der Waals surface area contributed by atoms with Gasteiger partial charge in [0.25, 0.3) is 0 Å². The van der Waals surface area contributed by atoms with Gasteiger partial charge in [0.05, 0.1) is 5.75 Å². The molecule has 5 nitrogen and oxygen atoms in total. The zero-order chi connectivity index (χ0) is 17.5. The van der Waals surface area contributed by atoms with Crippen LogP contribution < -0.4 is 0 Å². The van der Waals surface area contributed by atoms with E-state index < -0.39 is 0 Å². The topological polar surface area (TPSA) is 51.0 Å². The number of thioether (sulfide) groups is 1. The third kappa shape index (κ3) is 4.26. The molecule has 0 saturated heterocycles. The Bertz CT molecular complexity index is 690. The summed E-state index contributed by atoms with van der Waals surface area (Å²) in [5, 5.41) is 9.33. The van der Waals surface area contributed by atoms with E-state index in [4.69, 9.17) is 0 Å². The van der Waals surface area contributed by atoms with Gasteiger partial charge in [-0.2, -0.15) is 0 Å². The Labute approximate surface area is 147 Å². The number of carbonyl (C=O) groups is 1. The quantitative estimate of drug-likeness (QED) is 0.544. The van der Waals surface area contributed by atoms with Crippen LogP contribution in [-0.4, -0.2) is 44.4 Å². The highest BCUT2D eigenvalue weighted by molar-refractivity contribution is 7.99. The number of carbonyl (C=O) groups excluding carboxylic acids is 1. The van der Waals surface area contributed by atoms with Gasteiger partial charge >= 0.3 is 0 Å². The normalized spacial score (nSPS) is 10.6. The van der Waals surface area contributed by atoms with Crippen LogP contribution in [0.1, 0.15) is 19.4 Å². The van der Waals surface area contributed by atoms with Gasteiger partial charge in [-0.3, -0.25) is 9.36 Å². The predicted molar refractivity (Wildman–Crippen MR) is 99.0 cm³/mol. The van der Waals surface area contributed by atoms with Gasteiger partial charge in [0, 0.05) is 25.2 Å². The minimum absolute atomic E-state index is 0.120. The van der Waals surface area contributed by atoms with E-state index in [0.29, 0.717) is 12.3 Å². The third-order valence-electron chi connectivity index (χ3n) is 3.78. The summed E-state index contributed by atoms with van der Waals surface area (Å²) in [4.78, 5) is 14.0. The molecule has 0 radical (unpaired) electrons. The molecule has 0 unspecified atom stereocenters. The summed E-state index contributed by atoms with van der Waals surface area (Å²) in [6.07, 6.45) is 1.82. The van der Waals surface area contributed by atoms with Crippen molar-refractivity contribution in [1.82, 2.24) is 19.7 Å². The fraction of sp³-hybridized carbons (Fsp3) is 0.389. The molecule has 0 saturated carbocycles. The first kappa shape index (κ1) is 18.3. The maximum atomic E-state index is 12.2. The first-order valence-electron chi connectivity index (χ1n) is 8.12. The average molecular weight is 344 g/mol. The van der Waals surface area contributed by atoms with E-state index in [9.17, 15) is 4.79 Å². The van der Waals surface area contributed by atoms with Gasteiger partial charge in [0.1, 0.15) is 0 Å². The molecule has 0 aliphatic rings. The molecule has 128 valence electrons. The van der Waals surface area contributed by atoms with Crippen molar-refractivity contribution in [3.05, 3.63) is 42.5 Å². The minimum Gasteiger partial charge on any atom is -0.343 e. The first-order chi connectivity index (χ1) is 11.6. The fourth-order valence-corrected chi connectivity index (χ4v) is 3.25. The smallest absolute Gasteiger partial charge is 0.233 e. The Balaban J connectivity index is 2.20. The Morgan fingerprint density at radius 1 is 1.25 bits per heavy atom. The molecule has 0 N–H and O–H groups in total. The van der Waals surface area contributed by atoms with Gasteiger partial charge in [0.15, 0.2) is 11.0 Å². The van der Waals surface area contributed by atoms with Gasteiger partial charge < -0.3 is 4.90 Å². The molecule has 2 rings (SSSR count). The lowest BCUT2D eigenvalue weighted by Crippen LogP contribution is -2.31. The minimum atomic E-state index is 0.120. The van der Waals surface area contributed by atoms with Crippen molar-refractivity contribution in [3.63, 3.8) is 0 Å². The van der Waals surface area contributed by atoms with Crippen molar-refractivity contribution < 1.29 is 4.79 Å². The summed E-state index contributed by atoms with van der Waals surface area (Å²) in [7, 11) is 0. The Morgan fingerprint density at radius 2 is 1.92 bits per heavy atom. The second-order valence-corrected chi connectivity index (χ2v) is 6.37. The molecule has 1 amide bonds. The van der Waals surface area contributed by atoms with Crippen LogP contribution in [0.2, 0.25) is 0 Å². The maximum absolute atomic E-state index is 12.2. The van der Waals surface area contributed by atoms with Crippen LogP contribution in [-0.2, 0) is 11.3 Å². The molecule has 1 heterocycles. The van der Waals surface area contributed by atoms with Crippen molar-refractivity contribution >= 4 is 17.7 Å². The average Bonchev–Trinajstić information content (AvgIpc) is 2.98. The second kappa shape index (κ2) is 8.68. The van der Waals surface area contributed by atoms with Crippen LogP contribution >= 0.6 is 11.8 Å². The van der Waals surface area contributed by atoms with Crippen molar-refractivity contribution in [2.45, 2.75) is 32.5 Å². The highest BCUT2D eigenvalue weighted by Gasteiger charge is 2.16. The van der Waals surface area contributed by atoms with Gasteiger partial charge in [-0.25, -0.2) is 0 Å². The summed E-state index contributed by atoms with van der Waals surface area (Å²) >= 11 is 1.42. The molecule has 1 aromatic heterocycles. The summed E-state index contributed by atoms with van der Waals surface area (Å²) < 4.78 is 2.00. The van der Waals surface area contributed by atoms with Crippen molar-refractivity contribution in [1.29, 1.82) is 0 Å². The molecule has 6 heteroatoms. The van der Waals surface area contributed by atoms with Crippen molar-refractivity contribution in [2.24, 2.45) is 0 Å².